The van der Waals surface area contributed by atoms with Crippen molar-refractivity contribution in [1.29, 1.82) is 0 Å². The lowest BCUT2D eigenvalue weighted by Gasteiger charge is -2.18. The Kier molecular flexibility index (Phi) is 8.08. The van der Waals surface area contributed by atoms with Gasteiger partial charge < -0.3 is 16.0 Å². The van der Waals surface area contributed by atoms with E-state index in [1.807, 2.05) is 36.9 Å². The Bertz CT molecular complexity index is 858. The fraction of sp³-hybridized carbons (Fsp3) is 0.364. The predicted octanol–water partition coefficient (Wildman–Crippen LogP) is 4.17. The molecule has 0 radical (unpaired) electrons. The van der Waals surface area contributed by atoms with E-state index in [2.05, 4.69) is 17.4 Å². The standard InChI is InChI=1S/C22H26ClN3O2.ClH/c1-14(2)21(27)25-17-8-9-20(23)18(10-17)22(28)26-12-16(11-24)19(13-26)15-6-4-3-5-7-15;/h3-10,14,16,19H,11-13,24H2,1-2H3,(H,25,27);1H/t16-,19+;/m1./s1. The number of nitrogens with one attached hydrogen (secondary N) is 1. The zero-order valence-electron chi connectivity index (χ0n) is 16.6. The largest absolute Gasteiger partial charge is 0.338 e. The molecular formula is C22H27Cl2N3O2. The molecule has 5 nitrogen and oxygen atoms in total. The van der Waals surface area contributed by atoms with E-state index >= 15 is 0 Å². The Hall–Kier alpha value is -2.08. The van der Waals surface area contributed by atoms with Gasteiger partial charge in [0.05, 0.1) is 10.6 Å². The fourth-order valence-electron chi connectivity index (χ4n) is 3.58. The average Bonchev–Trinajstić information content (AvgIpc) is 3.14. The van der Waals surface area contributed by atoms with E-state index in [4.69, 9.17) is 17.3 Å². The third kappa shape index (κ3) is 5.30. The lowest BCUT2D eigenvalue weighted by atomic mass is 9.89. The quantitative estimate of drug-likeness (QED) is 0.739. The van der Waals surface area contributed by atoms with Crippen LogP contribution in [0.3, 0.4) is 0 Å². The minimum Gasteiger partial charge on any atom is -0.338 e. The lowest BCUT2D eigenvalue weighted by molar-refractivity contribution is -0.118. The number of benzene rings is 2. The second-order valence-corrected chi connectivity index (χ2v) is 7.97. The fourth-order valence-corrected chi connectivity index (χ4v) is 3.78. The predicted molar refractivity (Wildman–Crippen MR) is 120 cm³/mol. The Morgan fingerprint density at radius 3 is 2.48 bits per heavy atom. The second-order valence-electron chi connectivity index (χ2n) is 7.56. The molecule has 0 aliphatic carbocycles. The topological polar surface area (TPSA) is 75.4 Å². The highest BCUT2D eigenvalue weighted by molar-refractivity contribution is 6.34. The van der Waals surface area contributed by atoms with Gasteiger partial charge >= 0.3 is 0 Å². The van der Waals surface area contributed by atoms with Gasteiger partial charge in [-0.1, -0.05) is 55.8 Å². The summed E-state index contributed by atoms with van der Waals surface area (Å²) in [5.41, 5.74) is 8.15. The molecule has 2 amide bonds. The van der Waals surface area contributed by atoms with E-state index in [0.717, 1.165) is 0 Å². The van der Waals surface area contributed by atoms with Crippen LogP contribution in [0, 0.1) is 11.8 Å². The Morgan fingerprint density at radius 1 is 1.17 bits per heavy atom. The van der Waals surface area contributed by atoms with Gasteiger partial charge in [0.15, 0.2) is 0 Å². The summed E-state index contributed by atoms with van der Waals surface area (Å²) in [7, 11) is 0. The number of carbonyl (C=O) groups excluding carboxylic acids is 2. The molecule has 0 unspecified atom stereocenters. The summed E-state index contributed by atoms with van der Waals surface area (Å²) >= 11 is 6.31. The van der Waals surface area contributed by atoms with Gasteiger partial charge in [0.25, 0.3) is 5.91 Å². The van der Waals surface area contributed by atoms with Crippen molar-refractivity contribution in [1.82, 2.24) is 4.90 Å². The number of nitrogens with zero attached hydrogens (tertiary/aromatic N) is 1. The summed E-state index contributed by atoms with van der Waals surface area (Å²) in [6.45, 7) is 5.34. The van der Waals surface area contributed by atoms with E-state index in [-0.39, 0.29) is 42.0 Å². The maximum absolute atomic E-state index is 13.2. The highest BCUT2D eigenvalue weighted by atomic mass is 35.5. The van der Waals surface area contributed by atoms with Crippen LogP contribution in [-0.4, -0.2) is 36.3 Å². The van der Waals surface area contributed by atoms with E-state index in [1.54, 1.807) is 18.2 Å². The van der Waals surface area contributed by atoms with Gasteiger partial charge in [0, 0.05) is 30.6 Å². The van der Waals surface area contributed by atoms with Crippen LogP contribution in [0.25, 0.3) is 0 Å². The van der Waals surface area contributed by atoms with Crippen LogP contribution in [-0.2, 0) is 4.79 Å². The van der Waals surface area contributed by atoms with Crippen LogP contribution in [0.1, 0.15) is 35.7 Å². The molecule has 1 aliphatic rings. The molecule has 2 atom stereocenters. The molecule has 1 aliphatic heterocycles. The number of hydrogen-bond donors (Lipinski definition) is 2. The van der Waals surface area contributed by atoms with Gasteiger partial charge in [-0.2, -0.15) is 0 Å². The molecule has 0 bridgehead atoms. The number of amides is 2. The number of anilines is 1. The van der Waals surface area contributed by atoms with Gasteiger partial charge in [-0.25, -0.2) is 0 Å². The minimum absolute atomic E-state index is 0. The maximum Gasteiger partial charge on any atom is 0.255 e. The molecule has 2 aromatic carbocycles. The Labute approximate surface area is 183 Å². The van der Waals surface area contributed by atoms with Crippen molar-refractivity contribution in [2.75, 3.05) is 25.0 Å². The average molecular weight is 436 g/mol. The van der Waals surface area contributed by atoms with Crippen molar-refractivity contribution in [2.45, 2.75) is 19.8 Å². The number of nitrogens with two attached hydrogens (primary N) is 1. The summed E-state index contributed by atoms with van der Waals surface area (Å²) in [5, 5.41) is 3.20. The van der Waals surface area contributed by atoms with E-state index in [9.17, 15) is 9.59 Å². The SMILES string of the molecule is CC(C)C(=O)Nc1ccc(Cl)c(C(=O)N2C[C@@H](CN)[C@H](c3ccccc3)C2)c1.Cl. The first-order valence-electron chi connectivity index (χ1n) is 9.55. The normalized spacial score (nSPS) is 18.4. The number of halogens is 2. The smallest absolute Gasteiger partial charge is 0.255 e. The number of hydrogen-bond acceptors (Lipinski definition) is 3. The summed E-state index contributed by atoms with van der Waals surface area (Å²) in [6, 6.07) is 15.2. The summed E-state index contributed by atoms with van der Waals surface area (Å²) in [4.78, 5) is 26.9. The Morgan fingerprint density at radius 2 is 1.86 bits per heavy atom. The van der Waals surface area contributed by atoms with Crippen LogP contribution >= 0.6 is 24.0 Å². The van der Waals surface area contributed by atoms with E-state index < -0.39 is 0 Å². The minimum atomic E-state index is -0.148. The first kappa shape index (κ1) is 23.2. The van der Waals surface area contributed by atoms with Crippen LogP contribution < -0.4 is 11.1 Å². The van der Waals surface area contributed by atoms with Gasteiger partial charge in [-0.05, 0) is 36.2 Å². The van der Waals surface area contributed by atoms with Gasteiger partial charge in [0.1, 0.15) is 0 Å². The van der Waals surface area contributed by atoms with Crippen molar-refractivity contribution in [3.05, 3.63) is 64.7 Å². The van der Waals surface area contributed by atoms with Crippen LogP contribution in [0.2, 0.25) is 5.02 Å². The Balaban J connectivity index is 0.00000300. The molecule has 1 heterocycles. The zero-order valence-corrected chi connectivity index (χ0v) is 18.2. The molecule has 7 heteroatoms. The monoisotopic (exact) mass is 435 g/mol. The number of rotatable bonds is 5. The highest BCUT2D eigenvalue weighted by Crippen LogP contribution is 2.34. The molecule has 0 spiro atoms. The van der Waals surface area contributed by atoms with Crippen molar-refractivity contribution < 1.29 is 9.59 Å². The molecule has 2 aromatic rings. The third-order valence-electron chi connectivity index (χ3n) is 5.25. The van der Waals surface area contributed by atoms with Gasteiger partial charge in [-0.15, -0.1) is 12.4 Å². The van der Waals surface area contributed by atoms with Crippen LogP contribution in [0.15, 0.2) is 48.5 Å². The summed E-state index contributed by atoms with van der Waals surface area (Å²) in [5.74, 6) is 0.0221. The van der Waals surface area contributed by atoms with Gasteiger partial charge in [-0.3, -0.25) is 9.59 Å². The summed E-state index contributed by atoms with van der Waals surface area (Å²) in [6.07, 6.45) is 0. The molecule has 3 N–H and O–H groups in total. The number of likely N-dealkylation sites (tertiary alicyclic amines) is 1. The van der Waals surface area contributed by atoms with Gasteiger partial charge in [0.2, 0.25) is 5.91 Å². The molecule has 156 valence electrons. The molecule has 1 fully saturated rings. The van der Waals surface area contributed by atoms with Crippen molar-refractivity contribution in [3.63, 3.8) is 0 Å². The molecule has 1 saturated heterocycles. The highest BCUT2D eigenvalue weighted by Gasteiger charge is 2.36. The molecule has 0 saturated carbocycles. The lowest BCUT2D eigenvalue weighted by Crippen LogP contribution is -2.30. The molecule has 3 rings (SSSR count). The van der Waals surface area contributed by atoms with Crippen LogP contribution in [0.4, 0.5) is 5.69 Å². The van der Waals surface area contributed by atoms with E-state index in [1.165, 1.54) is 5.56 Å². The summed E-state index contributed by atoms with van der Waals surface area (Å²) < 4.78 is 0. The van der Waals surface area contributed by atoms with Crippen molar-refractivity contribution >= 4 is 41.5 Å². The van der Waals surface area contributed by atoms with Crippen LogP contribution in [0.5, 0.6) is 0 Å². The first-order chi connectivity index (χ1) is 13.4. The van der Waals surface area contributed by atoms with Crippen molar-refractivity contribution in [3.8, 4) is 0 Å². The second kappa shape index (κ2) is 10.1. The number of carbonyl (C=O) groups is 2. The molecule has 29 heavy (non-hydrogen) atoms. The maximum atomic E-state index is 13.2. The van der Waals surface area contributed by atoms with E-state index in [0.29, 0.717) is 35.9 Å². The third-order valence-corrected chi connectivity index (χ3v) is 5.58. The van der Waals surface area contributed by atoms with Crippen molar-refractivity contribution in [2.24, 2.45) is 17.6 Å². The first-order valence-corrected chi connectivity index (χ1v) is 9.93. The molecule has 0 aromatic heterocycles. The molecular weight excluding hydrogens is 409 g/mol. The zero-order chi connectivity index (χ0) is 20.3.